The second kappa shape index (κ2) is 9.36. The Kier molecular flexibility index (Phi) is 6.81. The quantitative estimate of drug-likeness (QED) is 0.571. The number of carbonyl (C=O) groups excluding carboxylic acids is 1. The Morgan fingerprint density at radius 3 is 2.61 bits per heavy atom. The van der Waals surface area contributed by atoms with Crippen LogP contribution in [0.15, 0.2) is 58.0 Å². The molecule has 31 heavy (non-hydrogen) atoms. The maximum Gasteiger partial charge on any atom is 0.242 e. The molecule has 1 heterocycles. The van der Waals surface area contributed by atoms with Gasteiger partial charge in [0.05, 0.1) is 16.7 Å². The molecule has 2 aromatic carbocycles. The van der Waals surface area contributed by atoms with Gasteiger partial charge in [0.2, 0.25) is 15.9 Å². The van der Waals surface area contributed by atoms with Crippen molar-refractivity contribution >= 4 is 15.9 Å². The lowest BCUT2D eigenvalue weighted by molar-refractivity contribution is -0.121. The zero-order valence-electron chi connectivity index (χ0n) is 16.9. The van der Waals surface area contributed by atoms with Crippen LogP contribution in [0.1, 0.15) is 17.9 Å². The average Bonchev–Trinajstić information content (AvgIpc) is 3.19. The van der Waals surface area contributed by atoms with Crippen LogP contribution in [0, 0.1) is 11.6 Å². The first-order valence-corrected chi connectivity index (χ1v) is 10.8. The number of nitrogens with zero attached hydrogens (tertiary/aromatic N) is 2. The van der Waals surface area contributed by atoms with E-state index in [0.717, 1.165) is 16.4 Å². The Morgan fingerprint density at radius 2 is 1.90 bits per heavy atom. The highest BCUT2D eigenvalue weighted by Crippen LogP contribution is 2.24. The van der Waals surface area contributed by atoms with Gasteiger partial charge in [-0.25, -0.2) is 26.5 Å². The molecular formula is C21H21F2N3O4S. The minimum absolute atomic E-state index is 0.0362. The van der Waals surface area contributed by atoms with E-state index in [9.17, 15) is 22.0 Å². The number of aryl methyl sites for hydroxylation is 1. The fourth-order valence-corrected chi connectivity index (χ4v) is 3.96. The first-order valence-electron chi connectivity index (χ1n) is 9.35. The van der Waals surface area contributed by atoms with E-state index in [1.165, 1.54) is 32.4 Å². The van der Waals surface area contributed by atoms with Gasteiger partial charge in [-0.05, 0) is 23.8 Å². The van der Waals surface area contributed by atoms with Gasteiger partial charge in [0.1, 0.15) is 11.6 Å². The molecule has 0 aliphatic carbocycles. The SMILES string of the molecule is CN(C)S(=O)(=O)c1ccccc1CNC(=O)CCc1ncc(-c2ccc(F)cc2F)o1. The van der Waals surface area contributed by atoms with E-state index in [2.05, 4.69) is 10.3 Å². The Labute approximate surface area is 178 Å². The summed E-state index contributed by atoms with van der Waals surface area (Å²) >= 11 is 0. The molecule has 7 nitrogen and oxygen atoms in total. The van der Waals surface area contributed by atoms with Crippen LogP contribution < -0.4 is 5.32 Å². The summed E-state index contributed by atoms with van der Waals surface area (Å²) < 4.78 is 58.3. The molecule has 0 bridgehead atoms. The third-order valence-corrected chi connectivity index (χ3v) is 6.44. The predicted molar refractivity (Wildman–Crippen MR) is 109 cm³/mol. The van der Waals surface area contributed by atoms with E-state index in [-0.39, 0.29) is 47.4 Å². The summed E-state index contributed by atoms with van der Waals surface area (Å²) in [5.41, 5.74) is 0.540. The molecule has 0 saturated carbocycles. The van der Waals surface area contributed by atoms with Gasteiger partial charge in [-0.1, -0.05) is 18.2 Å². The summed E-state index contributed by atoms with van der Waals surface area (Å²) in [6, 6.07) is 9.54. The van der Waals surface area contributed by atoms with Crippen LogP contribution in [0.5, 0.6) is 0 Å². The van der Waals surface area contributed by atoms with E-state index in [4.69, 9.17) is 4.42 Å². The van der Waals surface area contributed by atoms with Gasteiger partial charge in [0, 0.05) is 39.5 Å². The number of aromatic nitrogens is 1. The zero-order valence-corrected chi connectivity index (χ0v) is 17.7. The van der Waals surface area contributed by atoms with Crippen molar-refractivity contribution in [3.05, 3.63) is 71.8 Å². The standard InChI is InChI=1S/C21H21F2N3O4S/c1-26(2)31(28,29)19-6-4-3-5-14(19)12-24-20(27)9-10-21-25-13-18(30-21)16-8-7-15(22)11-17(16)23/h3-8,11,13H,9-10,12H2,1-2H3,(H,24,27). The van der Waals surface area contributed by atoms with Crippen molar-refractivity contribution in [3.8, 4) is 11.3 Å². The number of benzene rings is 2. The molecule has 164 valence electrons. The molecule has 1 amide bonds. The largest absolute Gasteiger partial charge is 0.441 e. The van der Waals surface area contributed by atoms with Gasteiger partial charge in [-0.15, -0.1) is 0 Å². The molecule has 0 unspecified atom stereocenters. The Morgan fingerprint density at radius 1 is 1.16 bits per heavy atom. The fourth-order valence-electron chi connectivity index (χ4n) is 2.84. The van der Waals surface area contributed by atoms with Gasteiger partial charge in [0.25, 0.3) is 0 Å². The Bertz CT molecular complexity index is 1190. The number of oxazole rings is 1. The van der Waals surface area contributed by atoms with E-state index in [1.54, 1.807) is 18.2 Å². The molecule has 0 saturated heterocycles. The maximum atomic E-state index is 13.8. The topological polar surface area (TPSA) is 92.5 Å². The number of rotatable bonds is 8. The van der Waals surface area contributed by atoms with E-state index < -0.39 is 21.7 Å². The lowest BCUT2D eigenvalue weighted by Crippen LogP contribution is -2.27. The summed E-state index contributed by atoms with van der Waals surface area (Å²) in [5, 5.41) is 2.68. The zero-order chi connectivity index (χ0) is 22.6. The molecule has 0 atom stereocenters. The smallest absolute Gasteiger partial charge is 0.242 e. The molecule has 0 spiro atoms. The van der Waals surface area contributed by atoms with Crippen LogP contribution in [0.25, 0.3) is 11.3 Å². The van der Waals surface area contributed by atoms with Crippen LogP contribution in [-0.4, -0.2) is 37.7 Å². The molecule has 0 fully saturated rings. The molecule has 0 radical (unpaired) electrons. The van der Waals surface area contributed by atoms with E-state index >= 15 is 0 Å². The summed E-state index contributed by atoms with van der Waals surface area (Å²) in [5.74, 6) is -1.44. The molecule has 3 aromatic rings. The number of amides is 1. The van der Waals surface area contributed by atoms with E-state index in [0.29, 0.717) is 5.56 Å². The minimum atomic E-state index is -3.64. The molecule has 0 aliphatic heterocycles. The molecule has 0 aliphatic rings. The van der Waals surface area contributed by atoms with E-state index in [1.807, 2.05) is 0 Å². The third kappa shape index (κ3) is 5.33. The minimum Gasteiger partial charge on any atom is -0.441 e. The van der Waals surface area contributed by atoms with Crippen LogP contribution in [0.2, 0.25) is 0 Å². The predicted octanol–water partition coefficient (Wildman–Crippen LogP) is 3.12. The molecule has 1 aromatic heterocycles. The van der Waals surface area contributed by atoms with Gasteiger partial charge in [-0.3, -0.25) is 4.79 Å². The summed E-state index contributed by atoms with van der Waals surface area (Å²) in [7, 11) is -0.762. The van der Waals surface area contributed by atoms with Gasteiger partial charge in [-0.2, -0.15) is 0 Å². The lowest BCUT2D eigenvalue weighted by Gasteiger charge is -2.15. The normalized spacial score (nSPS) is 11.6. The molecule has 1 N–H and O–H groups in total. The van der Waals surface area contributed by atoms with Crippen molar-refractivity contribution in [3.63, 3.8) is 0 Å². The van der Waals surface area contributed by atoms with Crippen LogP contribution in [-0.2, 0) is 27.8 Å². The summed E-state index contributed by atoms with van der Waals surface area (Å²) in [6.45, 7) is 0.0414. The number of sulfonamides is 1. The van der Waals surface area contributed by atoms with Crippen molar-refractivity contribution in [2.75, 3.05) is 14.1 Å². The number of halogens is 2. The van der Waals surface area contributed by atoms with Crippen molar-refractivity contribution in [2.24, 2.45) is 0 Å². The first-order chi connectivity index (χ1) is 14.7. The van der Waals surface area contributed by atoms with Gasteiger partial charge in [0.15, 0.2) is 11.7 Å². The van der Waals surface area contributed by atoms with Crippen molar-refractivity contribution in [1.82, 2.24) is 14.6 Å². The second-order valence-electron chi connectivity index (χ2n) is 6.91. The highest BCUT2D eigenvalue weighted by atomic mass is 32.2. The average molecular weight is 449 g/mol. The van der Waals surface area contributed by atoms with Crippen LogP contribution in [0.3, 0.4) is 0 Å². The van der Waals surface area contributed by atoms with Gasteiger partial charge < -0.3 is 9.73 Å². The maximum absolute atomic E-state index is 13.8. The monoisotopic (exact) mass is 449 g/mol. The third-order valence-electron chi connectivity index (χ3n) is 4.52. The number of carbonyl (C=O) groups is 1. The van der Waals surface area contributed by atoms with Crippen LogP contribution >= 0.6 is 0 Å². The van der Waals surface area contributed by atoms with Crippen molar-refractivity contribution < 1.29 is 26.4 Å². The number of hydrogen-bond donors (Lipinski definition) is 1. The van der Waals surface area contributed by atoms with Gasteiger partial charge >= 0.3 is 0 Å². The molecule has 3 rings (SSSR count). The van der Waals surface area contributed by atoms with Crippen molar-refractivity contribution in [1.29, 1.82) is 0 Å². The molecular weight excluding hydrogens is 428 g/mol. The van der Waals surface area contributed by atoms with Crippen LogP contribution in [0.4, 0.5) is 8.78 Å². The Balaban J connectivity index is 1.59. The van der Waals surface area contributed by atoms with Crippen molar-refractivity contribution in [2.45, 2.75) is 24.3 Å². The number of hydrogen-bond acceptors (Lipinski definition) is 5. The fraction of sp³-hybridized carbons (Fsp3) is 0.238. The molecule has 10 heteroatoms. The lowest BCUT2D eigenvalue weighted by atomic mass is 10.2. The first kappa shape index (κ1) is 22.6. The summed E-state index contributed by atoms with van der Waals surface area (Å²) in [4.78, 5) is 16.4. The summed E-state index contributed by atoms with van der Waals surface area (Å²) in [6.07, 6.45) is 1.51. The highest BCUT2D eigenvalue weighted by Gasteiger charge is 2.21. The Hall–Kier alpha value is -3.11. The second-order valence-corrected chi connectivity index (χ2v) is 9.03. The highest BCUT2D eigenvalue weighted by molar-refractivity contribution is 7.89. The number of nitrogens with one attached hydrogen (secondary N) is 1.